The van der Waals surface area contributed by atoms with Crippen molar-refractivity contribution in [1.29, 1.82) is 0 Å². The van der Waals surface area contributed by atoms with Gasteiger partial charge in [-0.05, 0) is 30.5 Å². The zero-order valence-electron chi connectivity index (χ0n) is 16.1. The van der Waals surface area contributed by atoms with E-state index < -0.39 is 5.91 Å². The maximum Gasteiger partial charge on any atom is 0.251 e. The zero-order valence-corrected chi connectivity index (χ0v) is 18.4. The van der Waals surface area contributed by atoms with E-state index in [4.69, 9.17) is 10.5 Å². The van der Waals surface area contributed by atoms with Gasteiger partial charge in [0, 0.05) is 51.9 Å². The van der Waals surface area contributed by atoms with Crippen molar-refractivity contribution >= 4 is 41.8 Å². The summed E-state index contributed by atoms with van der Waals surface area (Å²) in [5, 5.41) is 3.32. The lowest BCUT2D eigenvalue weighted by molar-refractivity contribution is -0.142. The number of amides is 2. The van der Waals surface area contributed by atoms with Crippen LogP contribution in [-0.2, 0) is 16.1 Å². The molecule has 1 unspecified atom stereocenters. The topological polar surface area (TPSA) is 100 Å². The van der Waals surface area contributed by atoms with Gasteiger partial charge in [-0.1, -0.05) is 12.1 Å². The van der Waals surface area contributed by atoms with Crippen LogP contribution < -0.4 is 11.1 Å². The average molecular weight is 501 g/mol. The van der Waals surface area contributed by atoms with Crippen molar-refractivity contribution in [3.8, 4) is 0 Å². The molecule has 0 bridgehead atoms. The number of primary amides is 1. The number of halogens is 1. The molecule has 1 atom stereocenters. The molecule has 3 N–H and O–H groups in total. The number of hydrogen-bond donors (Lipinski definition) is 2. The Balaban J connectivity index is 0.00000280. The number of aliphatic imine (C=N–C) groups is 1. The molecule has 0 spiro atoms. The van der Waals surface area contributed by atoms with Crippen molar-refractivity contribution in [2.75, 3.05) is 39.8 Å². The summed E-state index contributed by atoms with van der Waals surface area (Å²) in [6.07, 6.45) is 1.53. The second kappa shape index (κ2) is 10.6. The summed E-state index contributed by atoms with van der Waals surface area (Å²) >= 11 is 0. The Morgan fingerprint density at radius 3 is 2.57 bits per heavy atom. The minimum atomic E-state index is -0.437. The average Bonchev–Trinajstić information content (AvgIpc) is 3.23. The molecule has 1 aromatic carbocycles. The number of ether oxygens (including phenoxy) is 1. The Morgan fingerprint density at radius 1 is 1.25 bits per heavy atom. The molecule has 8 nitrogen and oxygen atoms in total. The highest BCUT2D eigenvalue weighted by molar-refractivity contribution is 14.0. The van der Waals surface area contributed by atoms with Crippen LogP contribution in [0.4, 0.5) is 0 Å². The Hall–Kier alpha value is -1.88. The van der Waals surface area contributed by atoms with Crippen molar-refractivity contribution in [1.82, 2.24) is 15.1 Å². The van der Waals surface area contributed by atoms with Gasteiger partial charge < -0.3 is 25.6 Å². The van der Waals surface area contributed by atoms with Crippen LogP contribution in [-0.4, -0.2) is 73.5 Å². The van der Waals surface area contributed by atoms with E-state index in [-0.39, 0.29) is 36.0 Å². The smallest absolute Gasteiger partial charge is 0.251 e. The van der Waals surface area contributed by atoms with Crippen molar-refractivity contribution in [2.24, 2.45) is 10.7 Å². The van der Waals surface area contributed by atoms with Crippen LogP contribution in [0.25, 0.3) is 0 Å². The van der Waals surface area contributed by atoms with Gasteiger partial charge >= 0.3 is 0 Å². The number of piperazine rings is 1. The molecule has 0 aliphatic carbocycles. The maximum atomic E-state index is 12.4. The van der Waals surface area contributed by atoms with Gasteiger partial charge in [0.15, 0.2) is 5.96 Å². The number of rotatable bonds is 4. The molecule has 0 saturated carbocycles. The predicted molar refractivity (Wildman–Crippen MR) is 118 cm³/mol. The fraction of sp³-hybridized carbons (Fsp3) is 0.526. The Morgan fingerprint density at radius 2 is 1.96 bits per heavy atom. The molecule has 0 aromatic heterocycles. The third-order valence-corrected chi connectivity index (χ3v) is 4.97. The standard InChI is InChI=1S/C19H27N5O3.HI/c1-21-19(22-13-14-4-2-5-15(12-14)17(20)25)24-9-7-23(8-10-24)18(26)16-6-3-11-27-16;/h2,4-5,12,16H,3,6-11,13H2,1H3,(H2,20,25)(H,21,22);1H. The molecule has 2 aliphatic rings. The fourth-order valence-electron chi connectivity index (χ4n) is 3.46. The number of carbonyl (C=O) groups is 2. The third-order valence-electron chi connectivity index (χ3n) is 4.97. The van der Waals surface area contributed by atoms with Gasteiger partial charge in [-0.25, -0.2) is 0 Å². The molecule has 2 fully saturated rings. The number of benzene rings is 1. The first kappa shape index (κ1) is 22.4. The van der Waals surface area contributed by atoms with Gasteiger partial charge in [-0.2, -0.15) is 0 Å². The lowest BCUT2D eigenvalue weighted by Gasteiger charge is -2.37. The summed E-state index contributed by atoms with van der Waals surface area (Å²) in [7, 11) is 1.74. The molecular weight excluding hydrogens is 473 g/mol. The second-order valence-corrected chi connectivity index (χ2v) is 6.78. The number of nitrogens with zero attached hydrogens (tertiary/aromatic N) is 3. The van der Waals surface area contributed by atoms with Crippen molar-refractivity contribution < 1.29 is 14.3 Å². The van der Waals surface area contributed by atoms with Crippen molar-refractivity contribution in [3.05, 3.63) is 35.4 Å². The lowest BCUT2D eigenvalue weighted by atomic mass is 10.1. The largest absolute Gasteiger partial charge is 0.368 e. The maximum absolute atomic E-state index is 12.4. The molecule has 2 aliphatic heterocycles. The van der Waals surface area contributed by atoms with Gasteiger partial charge in [-0.3, -0.25) is 14.6 Å². The van der Waals surface area contributed by atoms with Crippen molar-refractivity contribution in [3.63, 3.8) is 0 Å². The number of nitrogens with one attached hydrogen (secondary N) is 1. The minimum absolute atomic E-state index is 0. The van der Waals surface area contributed by atoms with Gasteiger partial charge in [0.2, 0.25) is 5.91 Å². The highest BCUT2D eigenvalue weighted by Gasteiger charge is 2.30. The van der Waals surface area contributed by atoms with Crippen LogP contribution in [0.3, 0.4) is 0 Å². The van der Waals surface area contributed by atoms with Crippen LogP contribution in [0.15, 0.2) is 29.3 Å². The molecule has 2 saturated heterocycles. The summed E-state index contributed by atoms with van der Waals surface area (Å²) in [6.45, 7) is 4.00. The van der Waals surface area contributed by atoms with E-state index >= 15 is 0 Å². The quantitative estimate of drug-likeness (QED) is 0.361. The van der Waals surface area contributed by atoms with E-state index in [0.717, 1.165) is 37.5 Å². The Bertz CT molecular complexity index is 713. The monoisotopic (exact) mass is 501 g/mol. The van der Waals surface area contributed by atoms with E-state index in [1.165, 1.54) is 0 Å². The second-order valence-electron chi connectivity index (χ2n) is 6.78. The van der Waals surface area contributed by atoms with Crippen LogP contribution >= 0.6 is 24.0 Å². The summed E-state index contributed by atoms with van der Waals surface area (Å²) in [4.78, 5) is 32.1. The van der Waals surface area contributed by atoms with Gasteiger partial charge in [0.25, 0.3) is 5.91 Å². The fourth-order valence-corrected chi connectivity index (χ4v) is 3.46. The molecule has 2 heterocycles. The number of hydrogen-bond acceptors (Lipinski definition) is 4. The number of carbonyl (C=O) groups excluding carboxylic acids is 2. The molecule has 0 radical (unpaired) electrons. The van der Waals surface area contributed by atoms with E-state index in [2.05, 4.69) is 15.2 Å². The molecular formula is C19H28IN5O3. The lowest BCUT2D eigenvalue weighted by Crippen LogP contribution is -2.55. The summed E-state index contributed by atoms with van der Waals surface area (Å²) < 4.78 is 5.50. The summed E-state index contributed by atoms with van der Waals surface area (Å²) in [6, 6.07) is 7.23. The van der Waals surface area contributed by atoms with E-state index in [0.29, 0.717) is 31.8 Å². The van der Waals surface area contributed by atoms with Crippen molar-refractivity contribution in [2.45, 2.75) is 25.5 Å². The Kier molecular flexibility index (Phi) is 8.49. The highest BCUT2D eigenvalue weighted by atomic mass is 127. The summed E-state index contributed by atoms with van der Waals surface area (Å²) in [5.41, 5.74) is 6.78. The first-order valence-corrected chi connectivity index (χ1v) is 9.33. The molecule has 2 amide bonds. The van der Waals surface area contributed by atoms with Crippen LogP contribution in [0.5, 0.6) is 0 Å². The first-order chi connectivity index (χ1) is 13.1. The van der Waals surface area contributed by atoms with Crippen LogP contribution in [0, 0.1) is 0 Å². The zero-order chi connectivity index (χ0) is 19.2. The van der Waals surface area contributed by atoms with E-state index in [1.54, 1.807) is 19.2 Å². The first-order valence-electron chi connectivity index (χ1n) is 9.33. The van der Waals surface area contributed by atoms with Crippen LogP contribution in [0.1, 0.15) is 28.8 Å². The van der Waals surface area contributed by atoms with Gasteiger partial charge in [0.05, 0.1) is 0 Å². The van der Waals surface area contributed by atoms with E-state index in [9.17, 15) is 9.59 Å². The van der Waals surface area contributed by atoms with Crippen LogP contribution in [0.2, 0.25) is 0 Å². The number of nitrogens with two attached hydrogens (primary N) is 1. The minimum Gasteiger partial charge on any atom is -0.368 e. The molecule has 154 valence electrons. The SMILES string of the molecule is CN=C(NCc1cccc(C(N)=O)c1)N1CCN(C(=O)C2CCCO2)CC1.I. The predicted octanol–water partition coefficient (Wildman–Crippen LogP) is 0.802. The third kappa shape index (κ3) is 5.57. The summed E-state index contributed by atoms with van der Waals surface area (Å²) in [5.74, 6) is 0.454. The molecule has 3 rings (SSSR count). The van der Waals surface area contributed by atoms with Gasteiger partial charge in [0.1, 0.15) is 6.10 Å². The highest BCUT2D eigenvalue weighted by Crippen LogP contribution is 2.16. The molecule has 9 heteroatoms. The molecule has 28 heavy (non-hydrogen) atoms. The van der Waals surface area contributed by atoms with E-state index in [1.807, 2.05) is 17.0 Å². The number of guanidine groups is 1. The molecule has 1 aromatic rings. The Labute approximate surface area is 182 Å². The normalized spacial score (nSPS) is 19.9. The van der Waals surface area contributed by atoms with Gasteiger partial charge in [-0.15, -0.1) is 24.0 Å².